The van der Waals surface area contributed by atoms with Crippen LogP contribution in [0.1, 0.15) is 38.8 Å². The van der Waals surface area contributed by atoms with E-state index in [0.717, 1.165) is 11.1 Å². The van der Waals surface area contributed by atoms with E-state index in [1.807, 2.05) is 88.4 Å². The molecule has 8 nitrogen and oxygen atoms in total. The molecule has 0 radical (unpaired) electrons. The predicted molar refractivity (Wildman–Crippen MR) is 142 cm³/mol. The molecule has 0 aromatic heterocycles. The number of nitrogens with one attached hydrogen (secondary N) is 2. The zero-order valence-corrected chi connectivity index (χ0v) is 21.7. The Morgan fingerprint density at radius 3 is 1.25 bits per heavy atom. The van der Waals surface area contributed by atoms with Gasteiger partial charge < -0.3 is 32.3 Å². The number of carbonyl (C=O) groups is 2. The van der Waals surface area contributed by atoms with E-state index in [4.69, 9.17) is 11.5 Å². The Morgan fingerprint density at radius 1 is 0.667 bits per heavy atom. The van der Waals surface area contributed by atoms with Crippen molar-refractivity contribution in [3.05, 3.63) is 71.8 Å². The van der Waals surface area contributed by atoms with E-state index in [1.165, 1.54) is 0 Å². The topological polar surface area (TPSA) is 151 Å². The average molecular weight is 499 g/mol. The summed E-state index contributed by atoms with van der Waals surface area (Å²) in [4.78, 5) is 25.6. The van der Waals surface area contributed by atoms with Gasteiger partial charge in [0.05, 0.1) is 24.2 Å². The van der Waals surface area contributed by atoms with Crippen LogP contribution in [0.4, 0.5) is 0 Å². The molecule has 8 N–H and O–H groups in total. The van der Waals surface area contributed by atoms with Crippen LogP contribution in [-0.4, -0.2) is 58.4 Å². The fraction of sp³-hybridized carbons (Fsp3) is 0.500. The molecule has 0 aliphatic heterocycles. The molecule has 0 saturated heterocycles. The number of rotatable bonds is 13. The first-order valence-electron chi connectivity index (χ1n) is 12.6. The van der Waals surface area contributed by atoms with Crippen molar-refractivity contribution >= 4 is 11.8 Å². The number of hydrogen-bond acceptors (Lipinski definition) is 6. The third kappa shape index (κ3) is 8.71. The molecular weight excluding hydrogens is 456 g/mol. The first-order chi connectivity index (χ1) is 17.0. The fourth-order valence-electron chi connectivity index (χ4n) is 3.89. The number of benzene rings is 2. The summed E-state index contributed by atoms with van der Waals surface area (Å²) in [6.07, 6.45) is -2.24. The van der Waals surface area contributed by atoms with Gasteiger partial charge in [0.2, 0.25) is 11.8 Å². The summed E-state index contributed by atoms with van der Waals surface area (Å²) in [7, 11) is 0. The maximum absolute atomic E-state index is 12.8. The number of nitrogens with two attached hydrogens (primary N) is 2. The summed E-state index contributed by atoms with van der Waals surface area (Å²) in [6, 6.07) is 15.5. The van der Waals surface area contributed by atoms with E-state index in [2.05, 4.69) is 10.6 Å². The minimum absolute atomic E-state index is 0.105. The van der Waals surface area contributed by atoms with Gasteiger partial charge in [0.1, 0.15) is 12.2 Å². The second-order valence-electron chi connectivity index (χ2n) is 10.1. The largest absolute Gasteiger partial charge is 0.388 e. The Bertz CT molecular complexity index is 862. The van der Waals surface area contributed by atoms with Gasteiger partial charge in [-0.25, -0.2) is 0 Å². The zero-order chi connectivity index (χ0) is 26.8. The monoisotopic (exact) mass is 498 g/mol. The molecule has 0 spiro atoms. The molecule has 0 unspecified atom stereocenters. The summed E-state index contributed by atoms with van der Waals surface area (Å²) >= 11 is 0. The molecule has 198 valence electrons. The van der Waals surface area contributed by atoms with Crippen LogP contribution in [0.2, 0.25) is 0 Å². The lowest BCUT2D eigenvalue weighted by molar-refractivity contribution is -0.128. The summed E-state index contributed by atoms with van der Waals surface area (Å²) in [6.45, 7) is 7.35. The molecule has 0 aliphatic carbocycles. The summed E-state index contributed by atoms with van der Waals surface area (Å²) in [5.41, 5.74) is 13.8. The summed E-state index contributed by atoms with van der Waals surface area (Å²) in [5.74, 6) is -1.04. The molecule has 8 heteroatoms. The highest BCUT2D eigenvalue weighted by atomic mass is 16.3. The highest BCUT2D eigenvalue weighted by molar-refractivity contribution is 5.82. The molecule has 2 rings (SSSR count). The first-order valence-corrected chi connectivity index (χ1v) is 12.6. The van der Waals surface area contributed by atoms with E-state index >= 15 is 0 Å². The average Bonchev–Trinajstić information content (AvgIpc) is 2.86. The highest BCUT2D eigenvalue weighted by Gasteiger charge is 2.36. The number of aliphatic hydroxyl groups excluding tert-OH is 2. The van der Waals surface area contributed by atoms with Gasteiger partial charge in [0, 0.05) is 0 Å². The highest BCUT2D eigenvalue weighted by Crippen LogP contribution is 2.16. The third-order valence-electron chi connectivity index (χ3n) is 6.47. The second-order valence-corrected chi connectivity index (χ2v) is 10.1. The van der Waals surface area contributed by atoms with Crippen LogP contribution in [0.25, 0.3) is 0 Å². The van der Waals surface area contributed by atoms with Crippen molar-refractivity contribution < 1.29 is 19.8 Å². The summed E-state index contributed by atoms with van der Waals surface area (Å²) < 4.78 is 0. The van der Waals surface area contributed by atoms with Crippen molar-refractivity contribution in [1.29, 1.82) is 0 Å². The zero-order valence-electron chi connectivity index (χ0n) is 21.7. The van der Waals surface area contributed by atoms with Crippen LogP contribution in [0, 0.1) is 11.8 Å². The normalized spacial score (nSPS) is 16.6. The van der Waals surface area contributed by atoms with Gasteiger partial charge in [-0.05, 0) is 35.8 Å². The molecule has 0 bridgehead atoms. The standard InChI is InChI=1S/C28H42N4O4/c1-17(2)23(29)27(35)31-21(15-19-11-7-5-8-12-19)25(33)26(34)22(16-20-13-9-6-10-14-20)32-28(36)24(30)18(3)4/h5-14,17-18,21-26,33-34H,15-16,29-30H2,1-4H3,(H,31,35)(H,32,36)/t21-,22-,23-,24-,25-,26+/m0/s1. The van der Waals surface area contributed by atoms with Crippen LogP contribution in [0.5, 0.6) is 0 Å². The van der Waals surface area contributed by atoms with Gasteiger partial charge in [0.15, 0.2) is 0 Å². The minimum Gasteiger partial charge on any atom is -0.388 e. The summed E-state index contributed by atoms with van der Waals surface area (Å²) in [5, 5.41) is 28.3. The van der Waals surface area contributed by atoms with E-state index in [1.54, 1.807) is 0 Å². The molecule has 36 heavy (non-hydrogen) atoms. The van der Waals surface area contributed by atoms with E-state index in [9.17, 15) is 19.8 Å². The van der Waals surface area contributed by atoms with E-state index in [0.29, 0.717) is 0 Å². The van der Waals surface area contributed by atoms with Gasteiger partial charge in [-0.3, -0.25) is 9.59 Å². The predicted octanol–water partition coefficient (Wildman–Crippen LogP) is 1.13. The Morgan fingerprint density at radius 2 is 0.972 bits per heavy atom. The lowest BCUT2D eigenvalue weighted by atomic mass is 9.90. The van der Waals surface area contributed by atoms with E-state index in [-0.39, 0.29) is 24.7 Å². The quantitative estimate of drug-likeness (QED) is 0.244. The van der Waals surface area contributed by atoms with Crippen LogP contribution in [-0.2, 0) is 22.4 Å². The van der Waals surface area contributed by atoms with Crippen molar-refractivity contribution in [2.75, 3.05) is 0 Å². The Kier molecular flexibility index (Phi) is 11.5. The number of amides is 2. The molecule has 2 amide bonds. The van der Waals surface area contributed by atoms with Crippen molar-refractivity contribution in [3.63, 3.8) is 0 Å². The Hall–Kier alpha value is -2.78. The molecule has 2 aromatic carbocycles. The smallest absolute Gasteiger partial charge is 0.237 e. The molecule has 6 atom stereocenters. The van der Waals surface area contributed by atoms with Gasteiger partial charge >= 0.3 is 0 Å². The Labute approximate surface area is 214 Å². The first kappa shape index (κ1) is 29.5. The molecule has 0 fully saturated rings. The third-order valence-corrected chi connectivity index (χ3v) is 6.47. The molecule has 0 aliphatic rings. The van der Waals surface area contributed by atoms with Crippen molar-refractivity contribution in [2.24, 2.45) is 23.3 Å². The number of hydrogen-bond donors (Lipinski definition) is 6. The maximum Gasteiger partial charge on any atom is 0.237 e. The number of aliphatic hydroxyl groups is 2. The van der Waals surface area contributed by atoms with Crippen LogP contribution in [0.3, 0.4) is 0 Å². The van der Waals surface area contributed by atoms with Gasteiger partial charge in [-0.15, -0.1) is 0 Å². The van der Waals surface area contributed by atoms with Crippen molar-refractivity contribution in [2.45, 2.75) is 76.9 Å². The van der Waals surface area contributed by atoms with E-state index < -0.39 is 48.2 Å². The van der Waals surface area contributed by atoms with Crippen molar-refractivity contribution in [3.8, 4) is 0 Å². The van der Waals surface area contributed by atoms with Gasteiger partial charge in [-0.2, -0.15) is 0 Å². The molecule has 2 aromatic rings. The molecule has 0 saturated carbocycles. The minimum atomic E-state index is -1.39. The van der Waals surface area contributed by atoms with Gasteiger partial charge in [0.25, 0.3) is 0 Å². The van der Waals surface area contributed by atoms with Crippen LogP contribution >= 0.6 is 0 Å². The van der Waals surface area contributed by atoms with Crippen LogP contribution in [0.15, 0.2) is 60.7 Å². The van der Waals surface area contributed by atoms with Crippen molar-refractivity contribution in [1.82, 2.24) is 10.6 Å². The second kappa shape index (κ2) is 14.1. The lowest BCUT2D eigenvalue weighted by Crippen LogP contribution is -2.60. The Balaban J connectivity index is 2.32. The molecule has 0 heterocycles. The van der Waals surface area contributed by atoms with Crippen LogP contribution < -0.4 is 22.1 Å². The SMILES string of the molecule is CC(C)[C@H](N)C(=O)N[C@@H](Cc1ccccc1)[C@H](O)[C@H](O)[C@H](Cc1ccccc1)NC(=O)[C@@H](N)C(C)C. The fourth-order valence-corrected chi connectivity index (χ4v) is 3.89. The lowest BCUT2D eigenvalue weighted by Gasteiger charge is -2.34. The maximum atomic E-state index is 12.8. The van der Waals surface area contributed by atoms with Gasteiger partial charge in [-0.1, -0.05) is 88.4 Å². The molecular formula is C28H42N4O4. The number of carbonyl (C=O) groups excluding carboxylic acids is 2.